The predicted octanol–water partition coefficient (Wildman–Crippen LogP) is 0.730. The molecule has 4 heteroatoms. The zero-order chi connectivity index (χ0) is 13.5. The fourth-order valence-electron chi connectivity index (χ4n) is 1.53. The van der Waals surface area contributed by atoms with Crippen molar-refractivity contribution in [3.05, 3.63) is 48.0 Å². The van der Waals surface area contributed by atoms with Crippen LogP contribution in [0.5, 0.6) is 0 Å². The number of carboxylic acid groups (broad SMARTS) is 1. The van der Waals surface area contributed by atoms with E-state index in [2.05, 4.69) is 0 Å². The Morgan fingerprint density at radius 1 is 1.22 bits per heavy atom. The fourth-order valence-corrected chi connectivity index (χ4v) is 1.53. The Morgan fingerprint density at radius 2 is 1.83 bits per heavy atom. The molecule has 0 aliphatic rings. The van der Waals surface area contributed by atoms with Crippen LogP contribution in [0.1, 0.15) is 19.4 Å². The second kappa shape index (κ2) is 6.59. The Hall–Kier alpha value is -2.10. The van der Waals surface area contributed by atoms with Crippen LogP contribution in [0.2, 0.25) is 0 Å². The number of nitrogens with zero attached hydrogens (tertiary/aromatic N) is 1. The Kier molecular flexibility index (Phi) is 5.11. The summed E-state index contributed by atoms with van der Waals surface area (Å²) in [5.41, 5.74) is 1.00. The van der Waals surface area contributed by atoms with Crippen LogP contribution >= 0.6 is 0 Å². The van der Waals surface area contributed by atoms with Crippen molar-refractivity contribution in [3.8, 4) is 0 Å². The second-order valence-electron chi connectivity index (χ2n) is 4.20. The summed E-state index contributed by atoms with van der Waals surface area (Å²) in [5, 5.41) is 10.3. The minimum absolute atomic E-state index is 0.0101. The van der Waals surface area contributed by atoms with E-state index in [9.17, 15) is 14.7 Å². The molecule has 96 valence electrons. The minimum Gasteiger partial charge on any atom is -0.545 e. The lowest BCUT2D eigenvalue weighted by atomic mass is 10.2. The Bertz CT molecular complexity index is 438. The van der Waals surface area contributed by atoms with E-state index in [1.807, 2.05) is 44.2 Å². The van der Waals surface area contributed by atoms with Crippen LogP contribution in [0, 0.1) is 0 Å². The van der Waals surface area contributed by atoms with Gasteiger partial charge in [-0.05, 0) is 25.5 Å². The lowest BCUT2D eigenvalue weighted by Gasteiger charge is -2.25. The van der Waals surface area contributed by atoms with Crippen LogP contribution in [0.25, 0.3) is 0 Å². The highest BCUT2D eigenvalue weighted by atomic mass is 16.4. The SMILES string of the molecule is CC(C)N(Cc1ccccc1)C(=O)/C=C/C(=O)[O-]. The lowest BCUT2D eigenvalue weighted by Crippen LogP contribution is -2.35. The lowest BCUT2D eigenvalue weighted by molar-refractivity contribution is -0.297. The molecule has 1 rings (SSSR count). The molecule has 0 heterocycles. The number of hydrogen-bond acceptors (Lipinski definition) is 3. The number of hydrogen-bond donors (Lipinski definition) is 0. The van der Waals surface area contributed by atoms with Crippen LogP contribution < -0.4 is 5.11 Å². The molecule has 0 saturated carbocycles. The maximum Gasteiger partial charge on any atom is 0.247 e. The molecule has 0 unspecified atom stereocenters. The molecule has 0 spiro atoms. The standard InChI is InChI=1S/C14H17NO3/c1-11(2)15(13(16)8-9-14(17)18)10-12-6-4-3-5-7-12/h3-9,11H,10H2,1-2H3,(H,17,18)/p-1/b9-8+. The molecular formula is C14H16NO3-. The van der Waals surface area contributed by atoms with Crippen molar-refractivity contribution >= 4 is 11.9 Å². The Labute approximate surface area is 107 Å². The monoisotopic (exact) mass is 246 g/mol. The van der Waals surface area contributed by atoms with E-state index < -0.39 is 5.97 Å². The number of carbonyl (C=O) groups is 2. The summed E-state index contributed by atoms with van der Waals surface area (Å²) in [5.74, 6) is -1.70. The van der Waals surface area contributed by atoms with E-state index in [1.54, 1.807) is 4.90 Å². The van der Waals surface area contributed by atoms with Crippen molar-refractivity contribution < 1.29 is 14.7 Å². The quantitative estimate of drug-likeness (QED) is 0.720. The average molecular weight is 246 g/mol. The first-order chi connectivity index (χ1) is 8.50. The molecule has 1 aromatic rings. The van der Waals surface area contributed by atoms with E-state index in [0.717, 1.165) is 17.7 Å². The summed E-state index contributed by atoms with van der Waals surface area (Å²) in [4.78, 5) is 23.7. The van der Waals surface area contributed by atoms with Crippen molar-refractivity contribution in [2.75, 3.05) is 0 Å². The zero-order valence-electron chi connectivity index (χ0n) is 10.5. The van der Waals surface area contributed by atoms with Gasteiger partial charge in [0.25, 0.3) is 0 Å². The van der Waals surface area contributed by atoms with E-state index in [0.29, 0.717) is 6.54 Å². The van der Waals surface area contributed by atoms with E-state index in [1.165, 1.54) is 0 Å². The maximum absolute atomic E-state index is 11.8. The number of aliphatic carboxylic acids is 1. The van der Waals surface area contributed by atoms with Gasteiger partial charge < -0.3 is 14.8 Å². The van der Waals surface area contributed by atoms with Crippen molar-refractivity contribution in [3.63, 3.8) is 0 Å². The molecule has 0 aliphatic heterocycles. The molecule has 18 heavy (non-hydrogen) atoms. The van der Waals surface area contributed by atoms with Crippen molar-refractivity contribution in [2.24, 2.45) is 0 Å². The smallest absolute Gasteiger partial charge is 0.247 e. The highest BCUT2D eigenvalue weighted by molar-refractivity contribution is 5.93. The van der Waals surface area contributed by atoms with Gasteiger partial charge in [0.15, 0.2) is 0 Å². The van der Waals surface area contributed by atoms with Gasteiger partial charge in [0, 0.05) is 18.7 Å². The molecule has 1 amide bonds. The molecule has 0 saturated heterocycles. The van der Waals surface area contributed by atoms with Crippen LogP contribution in [0.15, 0.2) is 42.5 Å². The number of amides is 1. The third kappa shape index (κ3) is 4.41. The largest absolute Gasteiger partial charge is 0.545 e. The number of rotatable bonds is 5. The second-order valence-corrected chi connectivity index (χ2v) is 4.20. The molecule has 0 fully saturated rings. The normalized spacial score (nSPS) is 10.8. The van der Waals surface area contributed by atoms with Gasteiger partial charge in [-0.15, -0.1) is 0 Å². The van der Waals surface area contributed by atoms with Gasteiger partial charge in [0.2, 0.25) is 5.91 Å². The van der Waals surface area contributed by atoms with Gasteiger partial charge in [-0.1, -0.05) is 30.3 Å². The average Bonchev–Trinajstić information content (AvgIpc) is 2.34. The number of benzene rings is 1. The maximum atomic E-state index is 11.8. The zero-order valence-corrected chi connectivity index (χ0v) is 10.5. The first-order valence-corrected chi connectivity index (χ1v) is 5.74. The molecule has 0 N–H and O–H groups in total. The van der Waals surface area contributed by atoms with Crippen LogP contribution in [0.4, 0.5) is 0 Å². The van der Waals surface area contributed by atoms with Gasteiger partial charge in [0.1, 0.15) is 0 Å². The van der Waals surface area contributed by atoms with Crippen molar-refractivity contribution in [1.29, 1.82) is 0 Å². The molecule has 4 nitrogen and oxygen atoms in total. The molecule has 0 bridgehead atoms. The summed E-state index contributed by atoms with van der Waals surface area (Å²) in [6, 6.07) is 9.53. The van der Waals surface area contributed by atoms with Crippen molar-refractivity contribution in [1.82, 2.24) is 4.90 Å². The topological polar surface area (TPSA) is 60.4 Å². The molecular weight excluding hydrogens is 230 g/mol. The van der Waals surface area contributed by atoms with Gasteiger partial charge in [0.05, 0.1) is 5.97 Å². The third-order valence-electron chi connectivity index (χ3n) is 2.46. The molecule has 0 aromatic heterocycles. The molecule has 0 atom stereocenters. The van der Waals surface area contributed by atoms with Gasteiger partial charge >= 0.3 is 0 Å². The van der Waals surface area contributed by atoms with Crippen LogP contribution in [-0.2, 0) is 16.1 Å². The Balaban J connectivity index is 2.77. The Morgan fingerprint density at radius 3 is 2.33 bits per heavy atom. The third-order valence-corrected chi connectivity index (χ3v) is 2.46. The molecule has 1 aromatic carbocycles. The van der Waals surface area contributed by atoms with E-state index >= 15 is 0 Å². The molecule has 0 radical (unpaired) electrons. The number of carboxylic acids is 1. The van der Waals surface area contributed by atoms with Gasteiger partial charge in [-0.3, -0.25) is 4.79 Å². The molecule has 0 aliphatic carbocycles. The fraction of sp³-hybridized carbons (Fsp3) is 0.286. The summed E-state index contributed by atoms with van der Waals surface area (Å²) in [6.07, 6.45) is 1.78. The first-order valence-electron chi connectivity index (χ1n) is 5.74. The van der Waals surface area contributed by atoms with Gasteiger partial charge in [-0.25, -0.2) is 0 Å². The minimum atomic E-state index is -1.37. The van der Waals surface area contributed by atoms with Crippen LogP contribution in [-0.4, -0.2) is 22.8 Å². The first kappa shape index (κ1) is 14.0. The van der Waals surface area contributed by atoms with Crippen molar-refractivity contribution in [2.45, 2.75) is 26.4 Å². The predicted molar refractivity (Wildman–Crippen MR) is 66.3 cm³/mol. The van der Waals surface area contributed by atoms with Crippen LogP contribution in [0.3, 0.4) is 0 Å². The van der Waals surface area contributed by atoms with E-state index in [-0.39, 0.29) is 11.9 Å². The summed E-state index contributed by atoms with van der Waals surface area (Å²) in [6.45, 7) is 4.22. The van der Waals surface area contributed by atoms with E-state index in [4.69, 9.17) is 0 Å². The number of carbonyl (C=O) groups excluding carboxylic acids is 2. The highest BCUT2D eigenvalue weighted by Gasteiger charge is 2.14. The highest BCUT2D eigenvalue weighted by Crippen LogP contribution is 2.08. The summed E-state index contributed by atoms with van der Waals surface area (Å²) >= 11 is 0. The summed E-state index contributed by atoms with van der Waals surface area (Å²) in [7, 11) is 0. The van der Waals surface area contributed by atoms with Gasteiger partial charge in [-0.2, -0.15) is 0 Å². The summed E-state index contributed by atoms with van der Waals surface area (Å²) < 4.78 is 0.